The van der Waals surface area contributed by atoms with Crippen LogP contribution in [0.15, 0.2) is 90.0 Å². The number of benzene rings is 3. The lowest BCUT2D eigenvalue weighted by atomic mass is 9.96. The second-order valence-corrected chi connectivity index (χ2v) is 8.42. The molecule has 0 unspecified atom stereocenters. The second kappa shape index (κ2) is 12.1. The van der Waals surface area contributed by atoms with Crippen LogP contribution in [0.4, 0.5) is 0 Å². The van der Waals surface area contributed by atoms with Gasteiger partial charge in [-0.3, -0.25) is 9.69 Å². The quantitative estimate of drug-likeness (QED) is 0.391. The molecule has 1 N–H and O–H groups in total. The van der Waals surface area contributed by atoms with Gasteiger partial charge in [0.2, 0.25) is 5.91 Å². The summed E-state index contributed by atoms with van der Waals surface area (Å²) in [5.41, 5.74) is 6.17. The van der Waals surface area contributed by atoms with Crippen LogP contribution in [0.25, 0.3) is 0 Å². The summed E-state index contributed by atoms with van der Waals surface area (Å²) in [4.78, 5) is 17.1. The molecule has 34 heavy (non-hydrogen) atoms. The van der Waals surface area contributed by atoms with Crippen molar-refractivity contribution in [3.05, 3.63) is 102 Å². The van der Waals surface area contributed by atoms with Crippen LogP contribution >= 0.6 is 0 Å². The first-order chi connectivity index (χ1) is 16.7. The number of nitrogens with zero attached hydrogens (tertiary/aromatic N) is 3. The third-order valence-electron chi connectivity index (χ3n) is 6.18. The summed E-state index contributed by atoms with van der Waals surface area (Å²) < 4.78 is 5.14. The molecule has 4 rings (SSSR count). The molecule has 1 heterocycles. The number of hydrogen-bond donors (Lipinski definition) is 1. The molecule has 0 aliphatic carbocycles. The molecular formula is C28H32N4O2. The summed E-state index contributed by atoms with van der Waals surface area (Å²) in [7, 11) is 1.63. The number of rotatable bonds is 9. The monoisotopic (exact) mass is 456 g/mol. The normalized spacial score (nSPS) is 15.0. The summed E-state index contributed by atoms with van der Waals surface area (Å²) in [6.45, 7) is 4.55. The molecule has 0 atom stereocenters. The molecule has 3 aromatic carbocycles. The Morgan fingerprint density at radius 1 is 0.912 bits per heavy atom. The molecule has 1 fully saturated rings. The van der Waals surface area contributed by atoms with E-state index >= 15 is 0 Å². The van der Waals surface area contributed by atoms with Gasteiger partial charge >= 0.3 is 0 Å². The van der Waals surface area contributed by atoms with Crippen LogP contribution in [-0.4, -0.2) is 61.8 Å². The van der Waals surface area contributed by atoms with Gasteiger partial charge in [-0.25, -0.2) is 5.43 Å². The van der Waals surface area contributed by atoms with Crippen LogP contribution in [0.5, 0.6) is 5.75 Å². The molecule has 1 amide bonds. The average molecular weight is 457 g/mol. The van der Waals surface area contributed by atoms with Gasteiger partial charge < -0.3 is 9.64 Å². The highest BCUT2D eigenvalue weighted by Crippen LogP contribution is 2.29. The zero-order chi connectivity index (χ0) is 23.6. The second-order valence-electron chi connectivity index (χ2n) is 8.42. The van der Waals surface area contributed by atoms with Crippen molar-refractivity contribution >= 4 is 12.1 Å². The van der Waals surface area contributed by atoms with Gasteiger partial charge in [0.05, 0.1) is 19.4 Å². The van der Waals surface area contributed by atoms with Gasteiger partial charge in [0.15, 0.2) is 0 Å². The van der Waals surface area contributed by atoms with Gasteiger partial charge in [-0.05, 0) is 41.0 Å². The van der Waals surface area contributed by atoms with Gasteiger partial charge in [-0.1, -0.05) is 60.7 Å². The fourth-order valence-corrected chi connectivity index (χ4v) is 4.31. The number of amides is 1. The van der Waals surface area contributed by atoms with Crippen LogP contribution in [0, 0.1) is 0 Å². The predicted molar refractivity (Wildman–Crippen MR) is 136 cm³/mol. The van der Waals surface area contributed by atoms with Crippen LogP contribution < -0.4 is 10.2 Å². The maximum Gasteiger partial charge on any atom is 0.241 e. The van der Waals surface area contributed by atoms with E-state index in [0.717, 1.165) is 44.0 Å². The summed E-state index contributed by atoms with van der Waals surface area (Å²) in [5.74, 6) is 0.721. The molecule has 1 aliphatic heterocycles. The van der Waals surface area contributed by atoms with E-state index in [1.807, 2.05) is 24.3 Å². The Morgan fingerprint density at radius 2 is 1.50 bits per heavy atom. The lowest BCUT2D eigenvalue weighted by Crippen LogP contribution is -2.48. The molecule has 0 radical (unpaired) electrons. The Morgan fingerprint density at radius 3 is 2.06 bits per heavy atom. The summed E-state index contributed by atoms with van der Waals surface area (Å²) in [5, 5.41) is 4.07. The standard InChI is InChI=1S/C28H32N4O2/c1-34-26-14-12-23(13-15-26)22-29-30-27(33)16-17-31-18-20-32(21-19-31)28(24-8-4-2-5-9-24)25-10-6-3-7-11-25/h2-15,22,28H,16-21H2,1H3,(H,30,33). The van der Waals surface area contributed by atoms with Gasteiger partial charge in [-0.2, -0.15) is 5.10 Å². The van der Waals surface area contributed by atoms with E-state index in [2.05, 4.69) is 81.0 Å². The molecule has 1 aliphatic rings. The Bertz CT molecular complexity index is 1010. The molecule has 6 nitrogen and oxygen atoms in total. The van der Waals surface area contributed by atoms with E-state index in [4.69, 9.17) is 4.74 Å². The number of hydrazone groups is 1. The first kappa shape index (κ1) is 23.7. The first-order valence-corrected chi connectivity index (χ1v) is 11.7. The van der Waals surface area contributed by atoms with Crippen molar-refractivity contribution in [2.45, 2.75) is 12.5 Å². The largest absolute Gasteiger partial charge is 0.497 e. The molecule has 1 saturated heterocycles. The number of hydrogen-bond acceptors (Lipinski definition) is 5. The predicted octanol–water partition coefficient (Wildman–Crippen LogP) is 3.94. The summed E-state index contributed by atoms with van der Waals surface area (Å²) >= 11 is 0. The van der Waals surface area contributed by atoms with Crippen molar-refractivity contribution in [1.82, 2.24) is 15.2 Å². The number of piperazine rings is 1. The SMILES string of the molecule is COc1ccc(C=NNC(=O)CCN2CCN(C(c3ccccc3)c3ccccc3)CC2)cc1. The molecule has 176 valence electrons. The molecule has 0 saturated carbocycles. The molecule has 0 bridgehead atoms. The van der Waals surface area contributed by atoms with Crippen molar-refractivity contribution in [1.29, 1.82) is 0 Å². The van der Waals surface area contributed by atoms with Crippen molar-refractivity contribution in [2.75, 3.05) is 39.8 Å². The highest BCUT2D eigenvalue weighted by Gasteiger charge is 2.26. The first-order valence-electron chi connectivity index (χ1n) is 11.7. The number of carbonyl (C=O) groups is 1. The van der Waals surface area contributed by atoms with E-state index in [-0.39, 0.29) is 11.9 Å². The molecule has 6 heteroatoms. The Hall–Kier alpha value is -3.48. The Kier molecular flexibility index (Phi) is 8.43. The minimum Gasteiger partial charge on any atom is -0.497 e. The summed E-state index contributed by atoms with van der Waals surface area (Å²) in [6.07, 6.45) is 2.07. The van der Waals surface area contributed by atoms with E-state index in [0.29, 0.717) is 6.42 Å². The lowest BCUT2D eigenvalue weighted by molar-refractivity contribution is -0.121. The number of nitrogens with one attached hydrogen (secondary N) is 1. The summed E-state index contributed by atoms with van der Waals surface area (Å²) in [6, 6.07) is 29.2. The molecule has 0 spiro atoms. The maximum absolute atomic E-state index is 12.2. The lowest BCUT2D eigenvalue weighted by Gasteiger charge is -2.39. The van der Waals surface area contributed by atoms with Crippen LogP contribution in [0.3, 0.4) is 0 Å². The molecule has 3 aromatic rings. The van der Waals surface area contributed by atoms with E-state index in [9.17, 15) is 4.79 Å². The smallest absolute Gasteiger partial charge is 0.241 e. The zero-order valence-electron chi connectivity index (χ0n) is 19.6. The number of carbonyl (C=O) groups excluding carboxylic acids is 1. The Balaban J connectivity index is 1.25. The number of methoxy groups -OCH3 is 1. The Labute approximate surface area is 201 Å². The third-order valence-corrected chi connectivity index (χ3v) is 6.18. The maximum atomic E-state index is 12.2. The highest BCUT2D eigenvalue weighted by molar-refractivity contribution is 5.82. The van der Waals surface area contributed by atoms with E-state index < -0.39 is 0 Å². The highest BCUT2D eigenvalue weighted by atomic mass is 16.5. The van der Waals surface area contributed by atoms with Gasteiger partial charge in [0, 0.05) is 39.1 Å². The molecular weight excluding hydrogens is 424 g/mol. The zero-order valence-corrected chi connectivity index (χ0v) is 19.6. The average Bonchev–Trinajstić information content (AvgIpc) is 2.90. The van der Waals surface area contributed by atoms with Crippen molar-refractivity contribution in [3.8, 4) is 5.75 Å². The minimum absolute atomic E-state index is 0.0707. The third kappa shape index (κ3) is 6.53. The van der Waals surface area contributed by atoms with E-state index in [1.54, 1.807) is 13.3 Å². The fourth-order valence-electron chi connectivity index (χ4n) is 4.31. The van der Waals surface area contributed by atoms with Crippen molar-refractivity contribution in [2.24, 2.45) is 5.10 Å². The van der Waals surface area contributed by atoms with E-state index in [1.165, 1.54) is 11.1 Å². The number of ether oxygens (including phenoxy) is 1. The minimum atomic E-state index is -0.0707. The van der Waals surface area contributed by atoms with Crippen molar-refractivity contribution < 1.29 is 9.53 Å². The van der Waals surface area contributed by atoms with Gasteiger partial charge in [-0.15, -0.1) is 0 Å². The van der Waals surface area contributed by atoms with Crippen LogP contribution in [0.2, 0.25) is 0 Å². The van der Waals surface area contributed by atoms with Crippen LogP contribution in [0.1, 0.15) is 29.2 Å². The molecule has 0 aromatic heterocycles. The van der Waals surface area contributed by atoms with Crippen molar-refractivity contribution in [3.63, 3.8) is 0 Å². The van der Waals surface area contributed by atoms with Crippen LogP contribution in [-0.2, 0) is 4.79 Å². The topological polar surface area (TPSA) is 57.2 Å². The fraction of sp³-hybridized carbons (Fsp3) is 0.286. The van der Waals surface area contributed by atoms with Gasteiger partial charge in [0.1, 0.15) is 5.75 Å². The van der Waals surface area contributed by atoms with Gasteiger partial charge in [0.25, 0.3) is 0 Å².